The zero-order valence-electron chi connectivity index (χ0n) is 19.4. The molecule has 2 saturated heterocycles. The van der Waals surface area contributed by atoms with E-state index >= 15 is 0 Å². The zero-order chi connectivity index (χ0) is 21.7. The lowest BCUT2D eigenvalue weighted by molar-refractivity contribution is -0.0320. The van der Waals surface area contributed by atoms with E-state index < -0.39 is 0 Å². The second kappa shape index (κ2) is 15.7. The third-order valence-electron chi connectivity index (χ3n) is 5.81. The first kappa shape index (κ1) is 27.1. The molecule has 0 bridgehead atoms. The zero-order valence-corrected chi connectivity index (χ0v) is 21.7. The van der Waals surface area contributed by atoms with Crippen LogP contribution in [0.2, 0.25) is 0 Å². The van der Waals surface area contributed by atoms with E-state index in [1.165, 1.54) is 5.56 Å². The summed E-state index contributed by atoms with van der Waals surface area (Å²) in [5.41, 5.74) is 1.26. The van der Waals surface area contributed by atoms with Gasteiger partial charge in [-0.05, 0) is 37.0 Å². The van der Waals surface area contributed by atoms with Crippen molar-refractivity contribution in [2.45, 2.75) is 31.4 Å². The quantitative estimate of drug-likeness (QED) is 0.197. The summed E-state index contributed by atoms with van der Waals surface area (Å²) < 4.78 is 22.2. The van der Waals surface area contributed by atoms with Crippen LogP contribution in [0, 0.1) is 0 Å². The van der Waals surface area contributed by atoms with Crippen molar-refractivity contribution in [3.8, 4) is 5.75 Å². The molecule has 0 aromatic heterocycles. The minimum Gasteiger partial charge on any atom is -0.497 e. The van der Waals surface area contributed by atoms with Crippen LogP contribution in [0.1, 0.15) is 30.9 Å². The van der Waals surface area contributed by atoms with Gasteiger partial charge in [0.25, 0.3) is 0 Å². The van der Waals surface area contributed by atoms with Gasteiger partial charge in [0.05, 0.1) is 32.5 Å². The van der Waals surface area contributed by atoms with E-state index in [0.29, 0.717) is 6.10 Å². The number of hydrogen-bond acceptors (Lipinski definition) is 6. The molecule has 2 N–H and O–H groups in total. The van der Waals surface area contributed by atoms with E-state index in [0.717, 1.165) is 90.2 Å². The lowest BCUT2D eigenvalue weighted by Crippen LogP contribution is -2.46. The Hall–Kier alpha value is -1.14. The van der Waals surface area contributed by atoms with Crippen LogP contribution in [-0.2, 0) is 14.2 Å². The number of nitrogens with one attached hydrogen (secondary N) is 2. The molecule has 0 aliphatic carbocycles. The topological polar surface area (TPSA) is 76.6 Å². The SMILES string of the molecule is CN=C(NCCCOC1CCOCC1)NCC(c1ccc(OC)cc1)N1CCOCC1.I. The van der Waals surface area contributed by atoms with Gasteiger partial charge in [-0.2, -0.15) is 0 Å². The van der Waals surface area contributed by atoms with Gasteiger partial charge in [-0.25, -0.2) is 0 Å². The summed E-state index contributed by atoms with van der Waals surface area (Å²) in [4.78, 5) is 6.85. The summed E-state index contributed by atoms with van der Waals surface area (Å²) in [5, 5.41) is 6.91. The Balaban J connectivity index is 0.00000363. The standard InChI is InChI=1S/C23H38N4O4.HI/c1-24-23(25-10-3-13-31-21-8-14-29-15-9-21)26-18-22(27-11-16-30-17-12-27)19-4-6-20(28-2)7-5-19;/h4-7,21-22H,3,8-18H2,1-2H3,(H2,24,25,26);1H. The molecule has 0 saturated carbocycles. The van der Waals surface area contributed by atoms with Crippen LogP contribution in [0.3, 0.4) is 0 Å². The van der Waals surface area contributed by atoms with E-state index in [4.69, 9.17) is 18.9 Å². The minimum atomic E-state index is 0. The van der Waals surface area contributed by atoms with Gasteiger partial charge in [-0.1, -0.05) is 12.1 Å². The molecule has 1 unspecified atom stereocenters. The highest BCUT2D eigenvalue weighted by atomic mass is 127. The second-order valence-electron chi connectivity index (χ2n) is 7.85. The van der Waals surface area contributed by atoms with Crippen LogP contribution in [0.15, 0.2) is 29.3 Å². The maximum Gasteiger partial charge on any atom is 0.191 e. The fourth-order valence-corrected chi connectivity index (χ4v) is 3.96. The number of ether oxygens (including phenoxy) is 4. The first-order valence-electron chi connectivity index (χ1n) is 11.4. The maximum absolute atomic E-state index is 5.94. The predicted octanol–water partition coefficient (Wildman–Crippen LogP) is 2.44. The molecule has 182 valence electrons. The monoisotopic (exact) mass is 562 g/mol. The number of aliphatic imine (C=N–C) groups is 1. The predicted molar refractivity (Wildman–Crippen MR) is 137 cm³/mol. The van der Waals surface area contributed by atoms with Gasteiger partial charge >= 0.3 is 0 Å². The number of halogens is 1. The largest absolute Gasteiger partial charge is 0.497 e. The smallest absolute Gasteiger partial charge is 0.191 e. The second-order valence-corrected chi connectivity index (χ2v) is 7.85. The highest BCUT2D eigenvalue weighted by Gasteiger charge is 2.23. The third-order valence-corrected chi connectivity index (χ3v) is 5.81. The number of hydrogen-bond donors (Lipinski definition) is 2. The van der Waals surface area contributed by atoms with Gasteiger partial charge in [0, 0.05) is 53.0 Å². The Kier molecular flexibility index (Phi) is 13.3. The molecule has 32 heavy (non-hydrogen) atoms. The molecule has 1 aromatic carbocycles. The number of benzene rings is 1. The number of methoxy groups -OCH3 is 1. The molecule has 2 fully saturated rings. The van der Waals surface area contributed by atoms with Crippen molar-refractivity contribution in [2.75, 3.05) is 73.4 Å². The van der Waals surface area contributed by atoms with Crippen LogP contribution in [-0.4, -0.2) is 90.3 Å². The molecule has 1 atom stereocenters. The third kappa shape index (κ3) is 9.01. The Bertz CT molecular complexity index is 650. The molecule has 2 aliphatic heterocycles. The number of guanidine groups is 1. The molecule has 2 heterocycles. The molecule has 0 spiro atoms. The van der Waals surface area contributed by atoms with E-state index in [2.05, 4.69) is 32.7 Å². The van der Waals surface area contributed by atoms with Crippen LogP contribution in [0.4, 0.5) is 0 Å². The molecular weight excluding hydrogens is 523 g/mol. The van der Waals surface area contributed by atoms with E-state index in [1.54, 1.807) is 7.11 Å². The molecule has 9 heteroatoms. The van der Waals surface area contributed by atoms with Crippen molar-refractivity contribution in [1.29, 1.82) is 0 Å². The maximum atomic E-state index is 5.94. The molecular formula is C23H39IN4O4. The van der Waals surface area contributed by atoms with Crippen molar-refractivity contribution in [1.82, 2.24) is 15.5 Å². The van der Waals surface area contributed by atoms with Crippen molar-refractivity contribution in [3.05, 3.63) is 29.8 Å². The molecule has 0 amide bonds. The van der Waals surface area contributed by atoms with Crippen LogP contribution >= 0.6 is 24.0 Å². The Labute approximate surface area is 209 Å². The minimum absolute atomic E-state index is 0. The molecule has 1 aromatic rings. The summed E-state index contributed by atoms with van der Waals surface area (Å²) in [6.07, 6.45) is 3.31. The molecule has 0 radical (unpaired) electrons. The number of rotatable bonds is 10. The van der Waals surface area contributed by atoms with Gasteiger partial charge in [0.15, 0.2) is 5.96 Å². The number of morpholine rings is 1. The van der Waals surface area contributed by atoms with Crippen LogP contribution in [0.25, 0.3) is 0 Å². The van der Waals surface area contributed by atoms with Crippen molar-refractivity contribution < 1.29 is 18.9 Å². The lowest BCUT2D eigenvalue weighted by Gasteiger charge is -2.35. The summed E-state index contributed by atoms with van der Waals surface area (Å²) in [5.74, 6) is 1.69. The fraction of sp³-hybridized carbons (Fsp3) is 0.696. The average molecular weight is 562 g/mol. The van der Waals surface area contributed by atoms with Gasteiger partial charge in [0.1, 0.15) is 5.75 Å². The molecule has 2 aliphatic rings. The molecule has 8 nitrogen and oxygen atoms in total. The summed E-state index contributed by atoms with van der Waals surface area (Å²) in [6.45, 7) is 7.38. The normalized spacial score (nSPS) is 19.1. The summed E-state index contributed by atoms with van der Waals surface area (Å²) >= 11 is 0. The summed E-state index contributed by atoms with van der Waals surface area (Å²) in [7, 11) is 3.51. The Morgan fingerprint density at radius 1 is 1.09 bits per heavy atom. The first-order chi connectivity index (χ1) is 15.3. The Morgan fingerprint density at radius 3 is 2.44 bits per heavy atom. The van der Waals surface area contributed by atoms with E-state index in [-0.39, 0.29) is 30.0 Å². The van der Waals surface area contributed by atoms with Crippen molar-refractivity contribution in [2.24, 2.45) is 4.99 Å². The van der Waals surface area contributed by atoms with Gasteiger partial charge < -0.3 is 29.6 Å². The fourth-order valence-electron chi connectivity index (χ4n) is 3.96. The summed E-state index contributed by atoms with van der Waals surface area (Å²) in [6, 6.07) is 8.57. The van der Waals surface area contributed by atoms with Gasteiger partial charge in [-0.3, -0.25) is 9.89 Å². The van der Waals surface area contributed by atoms with Gasteiger partial charge in [0.2, 0.25) is 0 Å². The van der Waals surface area contributed by atoms with E-state index in [1.807, 2.05) is 19.2 Å². The van der Waals surface area contributed by atoms with E-state index in [9.17, 15) is 0 Å². The van der Waals surface area contributed by atoms with Crippen molar-refractivity contribution >= 4 is 29.9 Å². The van der Waals surface area contributed by atoms with Gasteiger partial charge in [-0.15, -0.1) is 24.0 Å². The lowest BCUT2D eigenvalue weighted by atomic mass is 10.0. The van der Waals surface area contributed by atoms with Crippen molar-refractivity contribution in [3.63, 3.8) is 0 Å². The average Bonchev–Trinajstić information content (AvgIpc) is 2.84. The number of nitrogens with zero attached hydrogens (tertiary/aromatic N) is 2. The molecule has 3 rings (SSSR count). The van der Waals surface area contributed by atoms with Crippen LogP contribution < -0.4 is 15.4 Å². The highest BCUT2D eigenvalue weighted by Crippen LogP contribution is 2.23. The highest BCUT2D eigenvalue weighted by molar-refractivity contribution is 14.0. The first-order valence-corrected chi connectivity index (χ1v) is 11.4. The van der Waals surface area contributed by atoms with Crippen LogP contribution in [0.5, 0.6) is 5.75 Å². The Morgan fingerprint density at radius 2 is 1.78 bits per heavy atom.